The molecule has 1 unspecified atom stereocenters. The van der Waals surface area contributed by atoms with Crippen LogP contribution in [0.25, 0.3) is 89.1 Å². The molecule has 0 saturated heterocycles. The van der Waals surface area contributed by atoms with E-state index >= 15 is 0 Å². The van der Waals surface area contributed by atoms with Crippen molar-refractivity contribution in [3.63, 3.8) is 0 Å². The van der Waals surface area contributed by atoms with Crippen molar-refractivity contribution in [2.45, 2.75) is 85.1 Å². The Hall–Kier alpha value is -7.95. The average Bonchev–Trinajstić information content (AvgIpc) is 3.76. The van der Waals surface area contributed by atoms with Crippen molar-refractivity contribution in [3.8, 4) is 56.2 Å². The maximum atomic E-state index is 5.30. The highest BCUT2D eigenvalue weighted by Crippen LogP contribution is 2.51. The van der Waals surface area contributed by atoms with Crippen LogP contribution in [0.3, 0.4) is 0 Å². The first kappa shape index (κ1) is 47.7. The first-order valence-corrected chi connectivity index (χ1v) is 25.5. The predicted molar refractivity (Wildman–Crippen MR) is 306 cm³/mol. The van der Waals surface area contributed by atoms with Gasteiger partial charge in [-0.3, -0.25) is 0 Å². The highest BCUT2D eigenvalue weighted by molar-refractivity contribution is 6.17. The molecule has 0 aliphatic carbocycles. The van der Waals surface area contributed by atoms with Crippen LogP contribution >= 0.6 is 0 Å². The molecule has 0 fully saturated rings. The van der Waals surface area contributed by atoms with Crippen LogP contribution in [0.15, 0.2) is 212 Å². The van der Waals surface area contributed by atoms with Gasteiger partial charge in [-0.1, -0.05) is 230 Å². The molecule has 0 radical (unpaired) electrons. The maximum absolute atomic E-state index is 5.30. The van der Waals surface area contributed by atoms with E-state index in [0.29, 0.717) is 17.5 Å². The molecule has 10 aromatic rings. The number of hydrogen-bond donors (Lipinski definition) is 0. The minimum absolute atomic E-state index is 0.113. The van der Waals surface area contributed by atoms with Crippen molar-refractivity contribution >= 4 is 33.0 Å². The number of allylic oxidation sites excluding steroid dienone is 4. The van der Waals surface area contributed by atoms with Crippen molar-refractivity contribution in [2.75, 3.05) is 0 Å². The van der Waals surface area contributed by atoms with Gasteiger partial charge in [0.25, 0.3) is 0 Å². The lowest BCUT2D eigenvalue weighted by molar-refractivity contribution is 0.438. The quantitative estimate of drug-likeness (QED) is 0.121. The van der Waals surface area contributed by atoms with Gasteiger partial charge in [0.1, 0.15) is 0 Å². The molecule has 8 aromatic carbocycles. The molecule has 0 N–H and O–H groups in total. The molecule has 72 heavy (non-hydrogen) atoms. The van der Waals surface area contributed by atoms with Crippen LogP contribution in [-0.2, 0) is 16.4 Å². The Kier molecular flexibility index (Phi) is 12.8. The van der Waals surface area contributed by atoms with Gasteiger partial charge in [0.05, 0.1) is 16.6 Å². The molecule has 4 heteroatoms. The minimum Gasteiger partial charge on any atom is -0.329 e. The van der Waals surface area contributed by atoms with Crippen molar-refractivity contribution < 1.29 is 0 Å². The van der Waals surface area contributed by atoms with Crippen molar-refractivity contribution in [2.24, 2.45) is 0 Å². The molecular weight excluding hydrogens is 873 g/mol. The predicted octanol–water partition coefficient (Wildman–Crippen LogP) is 18.2. The Balaban J connectivity index is 1.35. The Morgan fingerprint density at radius 3 is 1.19 bits per heavy atom. The van der Waals surface area contributed by atoms with E-state index in [4.69, 9.17) is 15.0 Å². The molecule has 2 aromatic heterocycles. The molecule has 4 nitrogen and oxygen atoms in total. The standard InChI is InChI=1S/C68H64N4/c1-10-46(63-69-64(52-33-23-15-24-34-52)71-65(70-63)53-35-25-16-26-36-53)41-60(51-39-37-48(38-40-51)47-27-17-12-18-28-47)68(9,11-2)72-61-56(49-29-19-13-20-30-49)42-54(66(3,4)5)44-58(61)59-45-55(67(6,7)8)43-57(62(59)72)50-31-21-14-22-32-50/h10,12-45H,11H2,1-9H3/b46-10+,60-41-. The fourth-order valence-electron chi connectivity index (χ4n) is 10.2. The van der Waals surface area contributed by atoms with E-state index in [1.807, 2.05) is 36.4 Å². The zero-order valence-electron chi connectivity index (χ0n) is 43.2. The summed E-state index contributed by atoms with van der Waals surface area (Å²) in [6, 6.07) is 72.3. The minimum atomic E-state index is -0.667. The molecule has 0 bridgehead atoms. The number of hydrogen-bond acceptors (Lipinski definition) is 3. The van der Waals surface area contributed by atoms with Gasteiger partial charge in [0.15, 0.2) is 17.5 Å². The normalized spacial score (nSPS) is 13.4. The summed E-state index contributed by atoms with van der Waals surface area (Å²) in [5.74, 6) is 1.88. The molecule has 356 valence electrons. The molecule has 0 aliphatic heterocycles. The van der Waals surface area contributed by atoms with Gasteiger partial charge in [-0.2, -0.15) is 0 Å². The highest BCUT2D eigenvalue weighted by atomic mass is 15.1. The van der Waals surface area contributed by atoms with Crippen LogP contribution in [0.1, 0.15) is 91.2 Å². The fraction of sp³-hybridized carbons (Fsp3) is 0.191. The summed E-state index contributed by atoms with van der Waals surface area (Å²) < 4.78 is 2.73. The summed E-state index contributed by atoms with van der Waals surface area (Å²) >= 11 is 0. The van der Waals surface area contributed by atoms with Gasteiger partial charge in [0.2, 0.25) is 0 Å². The van der Waals surface area contributed by atoms with Gasteiger partial charge in [-0.15, -0.1) is 0 Å². The fourth-order valence-corrected chi connectivity index (χ4v) is 10.2. The lowest BCUT2D eigenvalue weighted by Gasteiger charge is -2.37. The summed E-state index contributed by atoms with van der Waals surface area (Å²) in [4.78, 5) is 15.7. The summed E-state index contributed by atoms with van der Waals surface area (Å²) in [7, 11) is 0. The van der Waals surface area contributed by atoms with Gasteiger partial charge in [-0.05, 0) is 106 Å². The molecule has 1 atom stereocenters. The van der Waals surface area contributed by atoms with Crippen molar-refractivity contribution in [1.29, 1.82) is 0 Å². The second-order valence-corrected chi connectivity index (χ2v) is 21.3. The number of rotatable bonds is 11. The third kappa shape index (κ3) is 9.14. The van der Waals surface area contributed by atoms with Gasteiger partial charge < -0.3 is 4.57 Å². The Morgan fingerprint density at radius 2 is 0.819 bits per heavy atom. The summed E-state index contributed by atoms with van der Waals surface area (Å²) in [5, 5.41) is 2.50. The smallest absolute Gasteiger partial charge is 0.164 e. The van der Waals surface area contributed by atoms with E-state index in [-0.39, 0.29) is 10.8 Å². The first-order chi connectivity index (χ1) is 34.7. The number of fused-ring (bicyclic) bond motifs is 3. The molecule has 2 heterocycles. The zero-order valence-corrected chi connectivity index (χ0v) is 43.2. The maximum Gasteiger partial charge on any atom is 0.164 e. The topological polar surface area (TPSA) is 43.6 Å². The zero-order chi connectivity index (χ0) is 50.2. The van der Waals surface area contributed by atoms with Crippen LogP contribution in [0.2, 0.25) is 0 Å². The molecule has 0 aliphatic rings. The lowest BCUT2D eigenvalue weighted by atomic mass is 9.81. The van der Waals surface area contributed by atoms with E-state index in [0.717, 1.165) is 34.3 Å². The Bertz CT molecular complexity index is 3420. The van der Waals surface area contributed by atoms with Crippen LogP contribution in [0, 0.1) is 0 Å². The number of nitrogens with zero attached hydrogens (tertiary/aromatic N) is 4. The second-order valence-electron chi connectivity index (χ2n) is 21.3. The summed E-state index contributed by atoms with van der Waals surface area (Å²) in [6.07, 6.45) is 5.30. The van der Waals surface area contributed by atoms with E-state index in [2.05, 4.69) is 243 Å². The average molecular weight is 937 g/mol. The highest BCUT2D eigenvalue weighted by Gasteiger charge is 2.37. The van der Waals surface area contributed by atoms with Crippen molar-refractivity contribution in [3.05, 3.63) is 235 Å². The molecular formula is C68H64N4. The largest absolute Gasteiger partial charge is 0.329 e. The van der Waals surface area contributed by atoms with Crippen molar-refractivity contribution in [1.82, 2.24) is 19.5 Å². The Labute approximate surface area is 426 Å². The first-order valence-electron chi connectivity index (χ1n) is 25.5. The number of aromatic nitrogens is 4. The Morgan fingerprint density at radius 1 is 0.444 bits per heavy atom. The summed E-state index contributed by atoms with van der Waals surface area (Å²) in [5.41, 5.74) is 16.3. The monoisotopic (exact) mass is 937 g/mol. The van der Waals surface area contributed by atoms with Crippen LogP contribution in [0.4, 0.5) is 0 Å². The molecule has 0 saturated carbocycles. The van der Waals surface area contributed by atoms with E-state index in [9.17, 15) is 0 Å². The third-order valence-corrected chi connectivity index (χ3v) is 14.5. The van der Waals surface area contributed by atoms with Gasteiger partial charge in [-0.25, -0.2) is 15.0 Å². The van der Waals surface area contributed by atoms with Gasteiger partial charge >= 0.3 is 0 Å². The third-order valence-electron chi connectivity index (χ3n) is 14.5. The van der Waals surface area contributed by atoms with E-state index in [1.54, 1.807) is 0 Å². The van der Waals surface area contributed by atoms with Gasteiger partial charge in [0, 0.05) is 38.6 Å². The van der Waals surface area contributed by atoms with Crippen LogP contribution in [0.5, 0.6) is 0 Å². The lowest BCUT2D eigenvalue weighted by Crippen LogP contribution is -2.31. The van der Waals surface area contributed by atoms with E-state index in [1.165, 1.54) is 66.3 Å². The molecule has 10 rings (SSSR count). The SMILES string of the molecule is C/C=C(\C=C(\c1ccc(-c2ccccc2)cc1)C(C)(CC)n1c2c(-c3ccccc3)cc(C(C)(C)C)cc2c2cc(C(C)(C)C)cc(-c3ccccc3)c21)c1nc(-c2ccccc2)nc(-c2ccccc2)n1. The molecule has 0 spiro atoms. The summed E-state index contributed by atoms with van der Waals surface area (Å²) in [6.45, 7) is 20.9. The van der Waals surface area contributed by atoms with Crippen LogP contribution in [-0.4, -0.2) is 19.5 Å². The second kappa shape index (κ2) is 19.3. The number of benzene rings is 8. The molecule has 0 amide bonds. The van der Waals surface area contributed by atoms with Crippen LogP contribution < -0.4 is 0 Å². The van der Waals surface area contributed by atoms with E-state index < -0.39 is 5.54 Å².